The Bertz CT molecular complexity index is 372. The fraction of sp³-hybridized carbons (Fsp3) is 0.769. The lowest BCUT2D eigenvalue weighted by Gasteiger charge is -2.27. The molecule has 15 heavy (non-hydrogen) atoms. The van der Waals surface area contributed by atoms with Crippen molar-refractivity contribution in [1.82, 2.24) is 4.57 Å². The van der Waals surface area contributed by atoms with Crippen LogP contribution in [0, 0.1) is 5.41 Å². The maximum absolute atomic E-state index is 2.52. The van der Waals surface area contributed by atoms with Gasteiger partial charge >= 0.3 is 0 Å². The molecule has 0 aliphatic carbocycles. The van der Waals surface area contributed by atoms with E-state index in [1.165, 1.54) is 30.9 Å². The van der Waals surface area contributed by atoms with Crippen molar-refractivity contribution in [3.63, 3.8) is 0 Å². The van der Waals surface area contributed by atoms with E-state index in [0.29, 0.717) is 11.3 Å². The SMILES string of the molecule is CC(C)c1c[n+](C)c2n1CCC(C)(C)C2. The smallest absolute Gasteiger partial charge is 0.237 e. The van der Waals surface area contributed by atoms with Crippen molar-refractivity contribution in [3.8, 4) is 0 Å². The van der Waals surface area contributed by atoms with Crippen molar-refractivity contribution in [2.24, 2.45) is 12.5 Å². The lowest BCUT2D eigenvalue weighted by molar-refractivity contribution is -0.680. The van der Waals surface area contributed by atoms with E-state index in [9.17, 15) is 0 Å². The lowest BCUT2D eigenvalue weighted by Crippen LogP contribution is -2.38. The topological polar surface area (TPSA) is 8.81 Å². The molecule has 0 amide bonds. The highest BCUT2D eigenvalue weighted by Crippen LogP contribution is 2.32. The molecule has 0 N–H and O–H groups in total. The normalized spacial score (nSPS) is 19.3. The highest BCUT2D eigenvalue weighted by molar-refractivity contribution is 5.07. The minimum Gasteiger partial charge on any atom is -0.237 e. The molecule has 2 heteroatoms. The number of imidazole rings is 1. The molecule has 0 unspecified atom stereocenters. The van der Waals surface area contributed by atoms with Gasteiger partial charge in [0.15, 0.2) is 0 Å². The number of rotatable bonds is 1. The summed E-state index contributed by atoms with van der Waals surface area (Å²) in [7, 11) is 2.18. The van der Waals surface area contributed by atoms with Crippen LogP contribution in [0.1, 0.15) is 51.6 Å². The van der Waals surface area contributed by atoms with E-state index in [4.69, 9.17) is 0 Å². The Kier molecular flexibility index (Phi) is 2.40. The molecule has 0 aromatic carbocycles. The Morgan fingerprint density at radius 1 is 1.40 bits per heavy atom. The summed E-state index contributed by atoms with van der Waals surface area (Å²) < 4.78 is 4.84. The Morgan fingerprint density at radius 2 is 2.07 bits per heavy atom. The third-order valence-corrected chi connectivity index (χ3v) is 3.60. The van der Waals surface area contributed by atoms with Crippen molar-refractivity contribution in [1.29, 1.82) is 0 Å². The lowest BCUT2D eigenvalue weighted by atomic mass is 9.83. The third-order valence-electron chi connectivity index (χ3n) is 3.60. The van der Waals surface area contributed by atoms with Crippen molar-refractivity contribution >= 4 is 0 Å². The van der Waals surface area contributed by atoms with Crippen LogP contribution in [0.4, 0.5) is 0 Å². The second kappa shape index (κ2) is 3.36. The summed E-state index contributed by atoms with van der Waals surface area (Å²) >= 11 is 0. The molecule has 2 nitrogen and oxygen atoms in total. The molecule has 2 heterocycles. The summed E-state index contributed by atoms with van der Waals surface area (Å²) in [6.07, 6.45) is 4.81. The molecule has 0 atom stereocenters. The van der Waals surface area contributed by atoms with Crippen LogP contribution in [0.15, 0.2) is 6.20 Å². The summed E-state index contributed by atoms with van der Waals surface area (Å²) in [6, 6.07) is 0. The molecule has 0 fully saturated rings. The van der Waals surface area contributed by atoms with Gasteiger partial charge in [0.05, 0.1) is 20.0 Å². The van der Waals surface area contributed by atoms with Gasteiger partial charge in [-0.15, -0.1) is 0 Å². The molecular formula is C13H23N2+. The zero-order valence-electron chi connectivity index (χ0n) is 10.7. The molecule has 1 aliphatic heterocycles. The highest BCUT2D eigenvalue weighted by Gasteiger charge is 2.34. The number of hydrogen-bond donors (Lipinski definition) is 0. The molecule has 0 saturated carbocycles. The highest BCUT2D eigenvalue weighted by atomic mass is 15.2. The van der Waals surface area contributed by atoms with Gasteiger partial charge in [0.1, 0.15) is 11.9 Å². The first kappa shape index (κ1) is 10.7. The number of aromatic nitrogens is 2. The molecular weight excluding hydrogens is 184 g/mol. The average molecular weight is 207 g/mol. The van der Waals surface area contributed by atoms with Gasteiger partial charge in [-0.2, -0.15) is 0 Å². The summed E-state index contributed by atoms with van der Waals surface area (Å²) in [6.45, 7) is 10.5. The molecule has 84 valence electrons. The Hall–Kier alpha value is -0.790. The fourth-order valence-electron chi connectivity index (χ4n) is 2.55. The van der Waals surface area contributed by atoms with E-state index in [2.05, 4.69) is 50.1 Å². The van der Waals surface area contributed by atoms with Crippen LogP contribution in [0.2, 0.25) is 0 Å². The fourth-order valence-corrected chi connectivity index (χ4v) is 2.55. The van der Waals surface area contributed by atoms with Gasteiger partial charge < -0.3 is 0 Å². The van der Waals surface area contributed by atoms with Crippen molar-refractivity contribution in [3.05, 3.63) is 17.7 Å². The average Bonchev–Trinajstić information content (AvgIpc) is 2.42. The minimum atomic E-state index is 0.473. The van der Waals surface area contributed by atoms with Crippen LogP contribution < -0.4 is 4.57 Å². The van der Waals surface area contributed by atoms with Gasteiger partial charge in [0, 0.05) is 5.92 Å². The molecule has 1 aromatic heterocycles. The standard InChI is InChI=1S/C13H23N2/c1-10(2)11-9-14(5)12-8-13(3,4)6-7-15(11)12/h9-10H,6-8H2,1-5H3/q+1. The maximum Gasteiger partial charge on any atom is 0.256 e. The second-order valence-corrected chi connectivity index (χ2v) is 5.98. The van der Waals surface area contributed by atoms with Gasteiger partial charge in [-0.25, -0.2) is 9.13 Å². The summed E-state index contributed by atoms with van der Waals surface area (Å²) in [5, 5.41) is 0. The van der Waals surface area contributed by atoms with E-state index in [1.54, 1.807) is 0 Å². The van der Waals surface area contributed by atoms with E-state index in [0.717, 1.165) is 0 Å². The van der Waals surface area contributed by atoms with Gasteiger partial charge in [0.25, 0.3) is 5.82 Å². The number of fused-ring (bicyclic) bond motifs is 1. The molecule has 1 aromatic rings. The van der Waals surface area contributed by atoms with Crippen LogP contribution in [0.25, 0.3) is 0 Å². The molecule has 0 spiro atoms. The zero-order valence-corrected chi connectivity index (χ0v) is 10.7. The van der Waals surface area contributed by atoms with Crippen LogP contribution in [0.3, 0.4) is 0 Å². The molecule has 2 rings (SSSR count). The molecule has 1 aliphatic rings. The number of hydrogen-bond acceptors (Lipinski definition) is 0. The quantitative estimate of drug-likeness (QED) is 0.625. The number of nitrogens with zero attached hydrogens (tertiary/aromatic N) is 2. The Labute approximate surface area is 92.9 Å². The first-order chi connectivity index (χ1) is 6.91. The van der Waals surface area contributed by atoms with E-state index >= 15 is 0 Å². The first-order valence-corrected chi connectivity index (χ1v) is 5.99. The third kappa shape index (κ3) is 1.82. The van der Waals surface area contributed by atoms with Gasteiger partial charge in [-0.1, -0.05) is 27.7 Å². The van der Waals surface area contributed by atoms with Crippen LogP contribution in [-0.2, 0) is 20.0 Å². The molecule has 0 saturated heterocycles. The largest absolute Gasteiger partial charge is 0.256 e. The minimum absolute atomic E-state index is 0.473. The van der Waals surface area contributed by atoms with Crippen molar-refractivity contribution < 1.29 is 4.57 Å². The van der Waals surface area contributed by atoms with Crippen molar-refractivity contribution in [2.45, 2.75) is 53.0 Å². The molecule has 0 bridgehead atoms. The van der Waals surface area contributed by atoms with Gasteiger partial charge in [-0.05, 0) is 11.8 Å². The predicted molar refractivity (Wildman–Crippen MR) is 61.8 cm³/mol. The van der Waals surface area contributed by atoms with E-state index in [-0.39, 0.29) is 0 Å². The van der Waals surface area contributed by atoms with E-state index < -0.39 is 0 Å². The van der Waals surface area contributed by atoms with Gasteiger partial charge in [-0.3, -0.25) is 0 Å². The van der Waals surface area contributed by atoms with Crippen LogP contribution >= 0.6 is 0 Å². The second-order valence-electron chi connectivity index (χ2n) is 5.98. The predicted octanol–water partition coefficient (Wildman–Crippen LogP) is 2.41. The summed E-state index contributed by atoms with van der Waals surface area (Å²) in [5.41, 5.74) is 1.96. The Balaban J connectivity index is 2.44. The number of aryl methyl sites for hydroxylation is 1. The maximum atomic E-state index is 2.52. The monoisotopic (exact) mass is 207 g/mol. The van der Waals surface area contributed by atoms with Crippen LogP contribution in [-0.4, -0.2) is 4.57 Å². The summed E-state index contributed by atoms with van der Waals surface area (Å²) in [4.78, 5) is 0. The van der Waals surface area contributed by atoms with Crippen LogP contribution in [0.5, 0.6) is 0 Å². The van der Waals surface area contributed by atoms with E-state index in [1.807, 2.05) is 0 Å². The van der Waals surface area contributed by atoms with Crippen molar-refractivity contribution in [2.75, 3.05) is 0 Å². The summed E-state index contributed by atoms with van der Waals surface area (Å²) in [5.74, 6) is 2.13. The van der Waals surface area contributed by atoms with Gasteiger partial charge in [0.2, 0.25) is 0 Å². The zero-order chi connectivity index (χ0) is 11.2. The molecule has 0 radical (unpaired) electrons. The Morgan fingerprint density at radius 3 is 2.67 bits per heavy atom. The first-order valence-electron chi connectivity index (χ1n) is 5.99.